The zero-order valence-corrected chi connectivity index (χ0v) is 10.6. The Hall–Kier alpha value is -0.520. The van der Waals surface area contributed by atoms with Crippen LogP contribution in [0.2, 0.25) is 0 Å². The van der Waals surface area contributed by atoms with Gasteiger partial charge in [-0.2, -0.15) is 0 Å². The van der Waals surface area contributed by atoms with Crippen LogP contribution >= 0.6 is 0 Å². The number of hydrogen-bond donors (Lipinski definition) is 0. The zero-order valence-electron chi connectivity index (χ0n) is 10.6. The van der Waals surface area contributed by atoms with Gasteiger partial charge in [0.2, 0.25) is 0 Å². The smallest absolute Gasteiger partial charge is 0.0139 e. The molecule has 0 aliphatic heterocycles. The third-order valence-electron chi connectivity index (χ3n) is 4.27. The molecule has 84 valence electrons. The third-order valence-corrected chi connectivity index (χ3v) is 4.27. The molecule has 0 amide bonds. The highest BCUT2D eigenvalue weighted by molar-refractivity contribution is 5.37. The van der Waals surface area contributed by atoms with Gasteiger partial charge in [0.05, 0.1) is 0 Å². The van der Waals surface area contributed by atoms with E-state index >= 15 is 0 Å². The van der Waals surface area contributed by atoms with E-state index in [4.69, 9.17) is 0 Å². The van der Waals surface area contributed by atoms with E-state index in [0.717, 1.165) is 17.8 Å². The van der Waals surface area contributed by atoms with Crippen molar-refractivity contribution in [3.63, 3.8) is 0 Å². The summed E-state index contributed by atoms with van der Waals surface area (Å²) in [5.74, 6) is 2.50. The van der Waals surface area contributed by atoms with E-state index in [1.165, 1.54) is 25.7 Å². The molecule has 2 rings (SSSR count). The molecule has 0 fully saturated rings. The van der Waals surface area contributed by atoms with Crippen LogP contribution in [-0.2, 0) is 0 Å². The standard InChI is InChI=1S/C15H24/c1-10(2)13-8-6-12(4)14-7-5-11(3)9-15(13)14/h9-10,12-13H,5-8H2,1-4H3/t12-,13-/m0/s1. The maximum absolute atomic E-state index is 2.50. The number of rotatable bonds is 1. The molecule has 0 heteroatoms. The van der Waals surface area contributed by atoms with Crippen LogP contribution in [0.25, 0.3) is 0 Å². The second kappa shape index (κ2) is 4.15. The second-order valence-electron chi connectivity index (χ2n) is 5.80. The molecular weight excluding hydrogens is 180 g/mol. The topological polar surface area (TPSA) is 0 Å². The highest BCUT2D eigenvalue weighted by atomic mass is 14.3. The van der Waals surface area contributed by atoms with Crippen molar-refractivity contribution in [2.45, 2.75) is 53.4 Å². The molecule has 0 spiro atoms. The molecule has 0 N–H and O–H groups in total. The van der Waals surface area contributed by atoms with Gasteiger partial charge in [-0.1, -0.05) is 38.0 Å². The Labute approximate surface area is 94.5 Å². The van der Waals surface area contributed by atoms with Crippen molar-refractivity contribution in [1.82, 2.24) is 0 Å². The summed E-state index contributed by atoms with van der Waals surface area (Å²) in [4.78, 5) is 0. The van der Waals surface area contributed by atoms with Gasteiger partial charge in [-0.3, -0.25) is 0 Å². The lowest BCUT2D eigenvalue weighted by molar-refractivity contribution is 0.349. The lowest BCUT2D eigenvalue weighted by Gasteiger charge is -2.36. The van der Waals surface area contributed by atoms with Crippen molar-refractivity contribution < 1.29 is 0 Å². The first-order chi connectivity index (χ1) is 7.09. The Balaban J connectivity index is 2.36. The fourth-order valence-electron chi connectivity index (χ4n) is 3.23. The van der Waals surface area contributed by atoms with Gasteiger partial charge < -0.3 is 0 Å². The summed E-state index contributed by atoms with van der Waals surface area (Å²) in [6.07, 6.45) is 7.95. The van der Waals surface area contributed by atoms with E-state index in [1.807, 2.05) is 0 Å². The molecule has 0 saturated heterocycles. The van der Waals surface area contributed by atoms with Crippen LogP contribution in [0.5, 0.6) is 0 Å². The van der Waals surface area contributed by atoms with Crippen LogP contribution in [0.4, 0.5) is 0 Å². The van der Waals surface area contributed by atoms with Crippen molar-refractivity contribution in [3.05, 3.63) is 22.8 Å². The van der Waals surface area contributed by atoms with Crippen molar-refractivity contribution in [2.75, 3.05) is 0 Å². The zero-order chi connectivity index (χ0) is 11.0. The van der Waals surface area contributed by atoms with Crippen molar-refractivity contribution in [2.24, 2.45) is 17.8 Å². The molecule has 0 heterocycles. The summed E-state index contributed by atoms with van der Waals surface area (Å²) in [6, 6.07) is 0. The van der Waals surface area contributed by atoms with Crippen LogP contribution in [0.1, 0.15) is 53.4 Å². The van der Waals surface area contributed by atoms with Gasteiger partial charge in [0.1, 0.15) is 0 Å². The molecule has 15 heavy (non-hydrogen) atoms. The SMILES string of the molecule is CC1=CC2=C(CC1)[C@@H](C)CC[C@H]2C(C)C. The summed E-state index contributed by atoms with van der Waals surface area (Å²) in [7, 11) is 0. The second-order valence-corrected chi connectivity index (χ2v) is 5.80. The van der Waals surface area contributed by atoms with Crippen LogP contribution in [0.15, 0.2) is 22.8 Å². The summed E-state index contributed by atoms with van der Waals surface area (Å²) in [5, 5.41) is 0. The predicted octanol–water partition coefficient (Wildman–Crippen LogP) is 4.73. The molecular formula is C15H24. The molecule has 0 bridgehead atoms. The van der Waals surface area contributed by atoms with Gasteiger partial charge in [-0.15, -0.1) is 0 Å². The minimum atomic E-state index is 0.810. The van der Waals surface area contributed by atoms with Gasteiger partial charge in [-0.05, 0) is 55.9 Å². The minimum absolute atomic E-state index is 0.810. The maximum Gasteiger partial charge on any atom is -0.0139 e. The molecule has 2 atom stereocenters. The molecule has 2 aliphatic rings. The van der Waals surface area contributed by atoms with Crippen LogP contribution in [-0.4, -0.2) is 0 Å². The molecule has 0 radical (unpaired) electrons. The van der Waals surface area contributed by atoms with E-state index in [1.54, 1.807) is 16.7 Å². The summed E-state index contributed by atoms with van der Waals surface area (Å²) in [5.41, 5.74) is 5.09. The van der Waals surface area contributed by atoms with Gasteiger partial charge in [0, 0.05) is 0 Å². The summed E-state index contributed by atoms with van der Waals surface area (Å²) in [6.45, 7) is 9.47. The Morgan fingerprint density at radius 1 is 1.20 bits per heavy atom. The molecule has 0 aromatic carbocycles. The molecule has 0 unspecified atom stereocenters. The van der Waals surface area contributed by atoms with Crippen LogP contribution in [0.3, 0.4) is 0 Å². The van der Waals surface area contributed by atoms with Gasteiger partial charge in [0.25, 0.3) is 0 Å². The Bertz CT molecular complexity index is 304. The van der Waals surface area contributed by atoms with Gasteiger partial charge in [-0.25, -0.2) is 0 Å². The lowest BCUT2D eigenvalue weighted by atomic mass is 9.69. The average molecular weight is 204 g/mol. The van der Waals surface area contributed by atoms with E-state index in [-0.39, 0.29) is 0 Å². The predicted molar refractivity (Wildman–Crippen MR) is 66.7 cm³/mol. The normalized spacial score (nSPS) is 31.7. The summed E-state index contributed by atoms with van der Waals surface area (Å²) >= 11 is 0. The Morgan fingerprint density at radius 2 is 1.93 bits per heavy atom. The number of allylic oxidation sites excluding steroid dienone is 4. The van der Waals surface area contributed by atoms with Gasteiger partial charge >= 0.3 is 0 Å². The monoisotopic (exact) mass is 204 g/mol. The Morgan fingerprint density at radius 3 is 2.60 bits per heavy atom. The molecule has 0 aromatic rings. The Kier molecular flexibility index (Phi) is 3.04. The summed E-state index contributed by atoms with van der Waals surface area (Å²) < 4.78 is 0. The maximum atomic E-state index is 2.50. The molecule has 2 aliphatic carbocycles. The fraction of sp³-hybridized carbons (Fsp3) is 0.733. The highest BCUT2D eigenvalue weighted by Gasteiger charge is 2.29. The molecule has 0 aromatic heterocycles. The van der Waals surface area contributed by atoms with E-state index in [9.17, 15) is 0 Å². The van der Waals surface area contributed by atoms with E-state index in [0.29, 0.717) is 0 Å². The van der Waals surface area contributed by atoms with Crippen molar-refractivity contribution in [3.8, 4) is 0 Å². The van der Waals surface area contributed by atoms with Crippen LogP contribution < -0.4 is 0 Å². The minimum Gasteiger partial charge on any atom is -0.0727 e. The van der Waals surface area contributed by atoms with Crippen LogP contribution in [0, 0.1) is 17.8 Å². The third kappa shape index (κ3) is 2.04. The van der Waals surface area contributed by atoms with E-state index in [2.05, 4.69) is 33.8 Å². The highest BCUT2D eigenvalue weighted by Crippen LogP contribution is 2.43. The quantitative estimate of drug-likeness (QED) is 0.579. The van der Waals surface area contributed by atoms with Crippen molar-refractivity contribution >= 4 is 0 Å². The van der Waals surface area contributed by atoms with Gasteiger partial charge in [0.15, 0.2) is 0 Å². The number of hydrogen-bond acceptors (Lipinski definition) is 0. The largest absolute Gasteiger partial charge is 0.0727 e. The first-order valence-corrected chi connectivity index (χ1v) is 6.49. The first kappa shape index (κ1) is 11.0. The van der Waals surface area contributed by atoms with E-state index < -0.39 is 0 Å². The fourth-order valence-corrected chi connectivity index (χ4v) is 3.23. The van der Waals surface area contributed by atoms with Crippen molar-refractivity contribution in [1.29, 1.82) is 0 Å². The lowest BCUT2D eigenvalue weighted by Crippen LogP contribution is -2.23. The average Bonchev–Trinajstić information content (AvgIpc) is 2.17. The molecule has 0 nitrogen and oxygen atoms in total. The first-order valence-electron chi connectivity index (χ1n) is 6.49. The molecule has 0 saturated carbocycles.